The number of benzene rings is 1. The molecule has 0 amide bonds. The molecule has 0 bridgehead atoms. The molecule has 0 saturated carbocycles. The third-order valence-corrected chi connectivity index (χ3v) is 3.84. The molecular weight excluding hydrogens is 268 g/mol. The number of hydrogen-bond donors (Lipinski definition) is 1. The summed E-state index contributed by atoms with van der Waals surface area (Å²) in [6.45, 7) is -0.0413. The molecule has 0 saturated heterocycles. The highest BCUT2D eigenvalue weighted by Crippen LogP contribution is 2.16. The Morgan fingerprint density at radius 3 is 2.53 bits per heavy atom. The normalized spacial score (nSPS) is 11.9. The molecule has 0 fully saturated rings. The fourth-order valence-corrected chi connectivity index (χ4v) is 1.87. The number of nitrogens with one attached hydrogen (secondary N) is 1. The van der Waals surface area contributed by atoms with Crippen molar-refractivity contribution in [3.8, 4) is 11.5 Å². The molecule has 0 atom stereocenters. The molecule has 0 spiro atoms. The van der Waals surface area contributed by atoms with E-state index in [9.17, 15) is 8.42 Å². The average Bonchev–Trinajstić information content (AvgIpc) is 2.86. The van der Waals surface area contributed by atoms with Gasteiger partial charge in [-0.25, -0.2) is 0 Å². The minimum atomic E-state index is -3.50. The lowest BCUT2D eigenvalue weighted by atomic mass is 10.2. The van der Waals surface area contributed by atoms with Crippen molar-refractivity contribution >= 4 is 10.2 Å². The molecule has 1 aromatic heterocycles. The molecule has 0 aliphatic carbocycles. The zero-order chi connectivity index (χ0) is 13.9. The molecule has 0 aliphatic rings. The van der Waals surface area contributed by atoms with Gasteiger partial charge in [0.25, 0.3) is 10.2 Å². The van der Waals surface area contributed by atoms with Gasteiger partial charge < -0.3 is 4.42 Å². The van der Waals surface area contributed by atoms with Gasteiger partial charge in [-0.15, -0.1) is 10.2 Å². The molecule has 0 unspecified atom stereocenters. The predicted octanol–water partition coefficient (Wildman–Crippen LogP) is 0.633. The van der Waals surface area contributed by atoms with Crippen LogP contribution in [0.4, 0.5) is 0 Å². The van der Waals surface area contributed by atoms with Gasteiger partial charge in [-0.1, -0.05) is 18.2 Å². The van der Waals surface area contributed by atoms with E-state index in [1.807, 2.05) is 30.3 Å². The summed E-state index contributed by atoms with van der Waals surface area (Å²) in [5, 5.41) is 7.66. The van der Waals surface area contributed by atoms with Crippen LogP contribution in [0.25, 0.3) is 11.5 Å². The van der Waals surface area contributed by atoms with E-state index >= 15 is 0 Å². The lowest BCUT2D eigenvalue weighted by Gasteiger charge is -2.10. The smallest absolute Gasteiger partial charge is 0.279 e. The van der Waals surface area contributed by atoms with E-state index in [0.717, 1.165) is 9.87 Å². The highest BCUT2D eigenvalue weighted by Gasteiger charge is 2.15. The summed E-state index contributed by atoms with van der Waals surface area (Å²) in [6, 6.07) is 9.26. The van der Waals surface area contributed by atoms with Crippen molar-refractivity contribution in [2.45, 2.75) is 6.54 Å². The first kappa shape index (κ1) is 13.7. The average molecular weight is 282 g/mol. The minimum absolute atomic E-state index is 0.0413. The monoisotopic (exact) mass is 282 g/mol. The van der Waals surface area contributed by atoms with E-state index in [2.05, 4.69) is 14.9 Å². The summed E-state index contributed by atoms with van der Waals surface area (Å²) < 4.78 is 31.8. The van der Waals surface area contributed by atoms with Crippen LogP contribution in [0.15, 0.2) is 34.7 Å². The van der Waals surface area contributed by atoms with Crippen molar-refractivity contribution in [2.24, 2.45) is 0 Å². The molecule has 2 rings (SSSR count). The minimum Gasteiger partial charge on any atom is -0.419 e. The molecule has 0 aliphatic heterocycles. The van der Waals surface area contributed by atoms with Crippen LogP contribution >= 0.6 is 0 Å². The largest absolute Gasteiger partial charge is 0.419 e. The third kappa shape index (κ3) is 3.37. The quantitative estimate of drug-likeness (QED) is 0.869. The standard InChI is InChI=1S/C11H14N4O3S/c1-15(2)19(16,17)12-8-10-13-14-11(18-10)9-6-4-3-5-7-9/h3-7,12H,8H2,1-2H3. The van der Waals surface area contributed by atoms with Gasteiger partial charge in [-0.3, -0.25) is 0 Å². The maximum Gasteiger partial charge on any atom is 0.279 e. The molecule has 7 nitrogen and oxygen atoms in total. The molecule has 1 N–H and O–H groups in total. The van der Waals surface area contributed by atoms with Gasteiger partial charge in [-0.05, 0) is 12.1 Å². The summed E-state index contributed by atoms with van der Waals surface area (Å²) >= 11 is 0. The molecule has 1 heterocycles. The molecule has 0 radical (unpaired) electrons. The van der Waals surface area contributed by atoms with Gasteiger partial charge in [0.05, 0.1) is 6.54 Å². The third-order valence-electron chi connectivity index (χ3n) is 2.37. The summed E-state index contributed by atoms with van der Waals surface area (Å²) in [7, 11) is -0.624. The van der Waals surface area contributed by atoms with Crippen LogP contribution in [-0.2, 0) is 16.8 Å². The van der Waals surface area contributed by atoms with E-state index in [1.165, 1.54) is 14.1 Å². The Bertz CT molecular complexity index is 637. The van der Waals surface area contributed by atoms with Gasteiger partial charge >= 0.3 is 0 Å². The fourth-order valence-electron chi connectivity index (χ4n) is 1.30. The fraction of sp³-hybridized carbons (Fsp3) is 0.273. The van der Waals surface area contributed by atoms with Gasteiger partial charge in [0.15, 0.2) is 0 Å². The van der Waals surface area contributed by atoms with Crippen molar-refractivity contribution in [1.29, 1.82) is 0 Å². The maximum atomic E-state index is 11.5. The van der Waals surface area contributed by atoms with Crippen molar-refractivity contribution < 1.29 is 12.8 Å². The number of rotatable bonds is 5. The molecule has 19 heavy (non-hydrogen) atoms. The Hall–Kier alpha value is -1.77. The van der Waals surface area contributed by atoms with Crippen LogP contribution in [0.5, 0.6) is 0 Å². The summed E-state index contributed by atoms with van der Waals surface area (Å²) in [6.07, 6.45) is 0. The first-order valence-corrected chi connectivity index (χ1v) is 6.98. The Labute approximate surface area is 111 Å². The number of hydrogen-bond acceptors (Lipinski definition) is 5. The Morgan fingerprint density at radius 2 is 1.89 bits per heavy atom. The van der Waals surface area contributed by atoms with E-state index in [4.69, 9.17) is 4.42 Å². The van der Waals surface area contributed by atoms with E-state index < -0.39 is 10.2 Å². The highest BCUT2D eigenvalue weighted by molar-refractivity contribution is 7.87. The molecule has 1 aromatic carbocycles. The second-order valence-electron chi connectivity index (χ2n) is 3.98. The van der Waals surface area contributed by atoms with Crippen molar-refractivity contribution in [3.05, 3.63) is 36.2 Å². The Morgan fingerprint density at radius 1 is 1.21 bits per heavy atom. The molecule has 2 aromatic rings. The van der Waals surface area contributed by atoms with Gasteiger partial charge in [0.2, 0.25) is 11.8 Å². The lowest BCUT2D eigenvalue weighted by molar-refractivity contribution is 0.474. The lowest BCUT2D eigenvalue weighted by Crippen LogP contribution is -2.35. The second kappa shape index (κ2) is 5.47. The maximum absolute atomic E-state index is 11.5. The van der Waals surface area contributed by atoms with Gasteiger partial charge in [0.1, 0.15) is 0 Å². The van der Waals surface area contributed by atoms with E-state index in [1.54, 1.807) is 0 Å². The predicted molar refractivity (Wildman–Crippen MR) is 69.2 cm³/mol. The van der Waals surface area contributed by atoms with Crippen LogP contribution < -0.4 is 4.72 Å². The van der Waals surface area contributed by atoms with Crippen molar-refractivity contribution in [3.63, 3.8) is 0 Å². The summed E-state index contributed by atoms with van der Waals surface area (Å²) in [5.74, 6) is 0.573. The Kier molecular flexibility index (Phi) is 3.93. The van der Waals surface area contributed by atoms with Crippen LogP contribution in [0.1, 0.15) is 5.89 Å². The summed E-state index contributed by atoms with van der Waals surface area (Å²) in [4.78, 5) is 0. The number of aromatic nitrogens is 2. The highest BCUT2D eigenvalue weighted by atomic mass is 32.2. The zero-order valence-corrected chi connectivity index (χ0v) is 11.4. The molecule has 8 heteroatoms. The second-order valence-corrected chi connectivity index (χ2v) is 5.94. The SMILES string of the molecule is CN(C)S(=O)(=O)NCc1nnc(-c2ccccc2)o1. The van der Waals surface area contributed by atoms with Gasteiger partial charge in [-0.2, -0.15) is 17.4 Å². The van der Waals surface area contributed by atoms with Crippen molar-refractivity contribution in [1.82, 2.24) is 19.2 Å². The molecular formula is C11H14N4O3S. The molecule has 102 valence electrons. The number of nitrogens with zero attached hydrogens (tertiary/aromatic N) is 3. The van der Waals surface area contributed by atoms with E-state index in [-0.39, 0.29) is 12.4 Å². The van der Waals surface area contributed by atoms with E-state index in [0.29, 0.717) is 5.89 Å². The van der Waals surface area contributed by atoms with Crippen molar-refractivity contribution in [2.75, 3.05) is 14.1 Å². The first-order chi connectivity index (χ1) is 8.99. The summed E-state index contributed by atoms with van der Waals surface area (Å²) in [5.41, 5.74) is 0.789. The Balaban J connectivity index is 2.07. The van der Waals surface area contributed by atoms with Crippen LogP contribution in [-0.4, -0.2) is 37.0 Å². The zero-order valence-electron chi connectivity index (χ0n) is 10.6. The van der Waals surface area contributed by atoms with Crippen LogP contribution in [0.2, 0.25) is 0 Å². The van der Waals surface area contributed by atoms with Crippen LogP contribution in [0.3, 0.4) is 0 Å². The van der Waals surface area contributed by atoms with Crippen LogP contribution in [0, 0.1) is 0 Å². The first-order valence-electron chi connectivity index (χ1n) is 5.54. The topological polar surface area (TPSA) is 88.3 Å². The van der Waals surface area contributed by atoms with Gasteiger partial charge in [0, 0.05) is 19.7 Å².